The molecular weight excluding hydrogens is 208 g/mol. The molecule has 82 valence electrons. The summed E-state index contributed by atoms with van der Waals surface area (Å²) in [4.78, 5) is 11.5. The molecular formula is C12H10O4. The lowest BCUT2D eigenvalue weighted by molar-refractivity contribution is -0.0786. The SMILES string of the molecule is O=C(OC(O)c1ccco1)c1ccccc1. The molecule has 0 aliphatic rings. The summed E-state index contributed by atoms with van der Waals surface area (Å²) in [6.07, 6.45) is 0.0252. The second kappa shape index (κ2) is 4.63. The van der Waals surface area contributed by atoms with Gasteiger partial charge in [0, 0.05) is 0 Å². The Morgan fingerprint density at radius 3 is 2.56 bits per heavy atom. The van der Waals surface area contributed by atoms with Crippen molar-refractivity contribution in [2.24, 2.45) is 0 Å². The van der Waals surface area contributed by atoms with Crippen LogP contribution in [0.3, 0.4) is 0 Å². The van der Waals surface area contributed by atoms with Crippen molar-refractivity contribution in [2.45, 2.75) is 6.29 Å². The van der Waals surface area contributed by atoms with Gasteiger partial charge in [0.05, 0.1) is 11.8 Å². The van der Waals surface area contributed by atoms with Gasteiger partial charge in [-0.1, -0.05) is 18.2 Å². The maximum atomic E-state index is 11.5. The fraction of sp³-hybridized carbons (Fsp3) is 0.0833. The highest BCUT2D eigenvalue weighted by Gasteiger charge is 2.16. The average molecular weight is 218 g/mol. The summed E-state index contributed by atoms with van der Waals surface area (Å²) in [5.74, 6) is -0.395. The van der Waals surface area contributed by atoms with E-state index < -0.39 is 12.3 Å². The van der Waals surface area contributed by atoms with E-state index in [4.69, 9.17) is 9.15 Å². The number of carbonyl (C=O) groups is 1. The Labute approximate surface area is 92.1 Å². The molecule has 1 heterocycles. The van der Waals surface area contributed by atoms with Crippen LogP contribution < -0.4 is 0 Å². The molecule has 0 bridgehead atoms. The highest BCUT2D eigenvalue weighted by Crippen LogP contribution is 2.16. The second-order valence-corrected chi connectivity index (χ2v) is 3.14. The molecule has 1 atom stereocenters. The third kappa shape index (κ3) is 2.29. The highest BCUT2D eigenvalue weighted by molar-refractivity contribution is 5.89. The summed E-state index contributed by atoms with van der Waals surface area (Å²) in [5.41, 5.74) is 0.383. The van der Waals surface area contributed by atoms with Crippen molar-refractivity contribution in [3.8, 4) is 0 Å². The zero-order valence-corrected chi connectivity index (χ0v) is 8.37. The Balaban J connectivity index is 2.03. The highest BCUT2D eigenvalue weighted by atomic mass is 16.6. The van der Waals surface area contributed by atoms with Crippen LogP contribution in [-0.4, -0.2) is 11.1 Å². The number of hydrogen-bond donors (Lipinski definition) is 1. The maximum absolute atomic E-state index is 11.5. The summed E-state index contributed by atoms with van der Waals surface area (Å²) in [6, 6.07) is 11.6. The molecule has 0 spiro atoms. The first kappa shape index (κ1) is 10.4. The number of hydrogen-bond acceptors (Lipinski definition) is 4. The summed E-state index contributed by atoms with van der Waals surface area (Å²) in [5, 5.41) is 9.50. The summed E-state index contributed by atoms with van der Waals surface area (Å²) < 4.78 is 9.71. The standard InChI is InChI=1S/C12H10O4/c13-11(9-5-2-1-3-6-9)16-12(14)10-7-4-8-15-10/h1-8,12,14H. The number of ether oxygens (including phenoxy) is 1. The van der Waals surface area contributed by atoms with Gasteiger partial charge in [0.2, 0.25) is 0 Å². The van der Waals surface area contributed by atoms with E-state index in [0.29, 0.717) is 5.56 Å². The van der Waals surface area contributed by atoms with Crippen molar-refractivity contribution in [3.05, 3.63) is 60.1 Å². The first-order valence-electron chi connectivity index (χ1n) is 4.75. The van der Waals surface area contributed by atoms with Crippen molar-refractivity contribution in [1.82, 2.24) is 0 Å². The molecule has 2 aromatic rings. The van der Waals surface area contributed by atoms with Gasteiger partial charge in [-0.25, -0.2) is 4.79 Å². The Kier molecular flexibility index (Phi) is 3.03. The van der Waals surface area contributed by atoms with Gasteiger partial charge in [-0.15, -0.1) is 0 Å². The van der Waals surface area contributed by atoms with Crippen LogP contribution in [-0.2, 0) is 4.74 Å². The van der Waals surface area contributed by atoms with Crippen LogP contribution in [0.5, 0.6) is 0 Å². The Morgan fingerprint density at radius 1 is 1.19 bits per heavy atom. The van der Waals surface area contributed by atoms with E-state index in [1.807, 2.05) is 0 Å². The molecule has 1 N–H and O–H groups in total. The second-order valence-electron chi connectivity index (χ2n) is 3.14. The lowest BCUT2D eigenvalue weighted by Crippen LogP contribution is -2.10. The van der Waals surface area contributed by atoms with Crippen LogP contribution in [0, 0.1) is 0 Å². The molecule has 2 rings (SSSR count). The molecule has 4 nitrogen and oxygen atoms in total. The fourth-order valence-electron chi connectivity index (χ4n) is 1.23. The minimum absolute atomic E-state index is 0.198. The van der Waals surface area contributed by atoms with Gasteiger partial charge < -0.3 is 14.3 Å². The number of carbonyl (C=O) groups excluding carboxylic acids is 1. The average Bonchev–Trinajstić information content (AvgIpc) is 2.83. The van der Waals surface area contributed by atoms with Gasteiger partial charge >= 0.3 is 5.97 Å². The molecule has 1 aromatic heterocycles. The minimum Gasteiger partial charge on any atom is -0.463 e. The number of furan rings is 1. The Bertz CT molecular complexity index is 447. The topological polar surface area (TPSA) is 59.7 Å². The number of aliphatic hydroxyl groups is 1. The molecule has 0 aliphatic heterocycles. The lowest BCUT2D eigenvalue weighted by Gasteiger charge is -2.09. The van der Waals surface area contributed by atoms with E-state index in [0.717, 1.165) is 0 Å². The number of benzene rings is 1. The molecule has 0 saturated carbocycles. The summed E-state index contributed by atoms with van der Waals surface area (Å²) in [7, 11) is 0. The van der Waals surface area contributed by atoms with Crippen molar-refractivity contribution in [1.29, 1.82) is 0 Å². The lowest BCUT2D eigenvalue weighted by atomic mass is 10.2. The van der Waals surface area contributed by atoms with Crippen molar-refractivity contribution in [2.75, 3.05) is 0 Å². The molecule has 16 heavy (non-hydrogen) atoms. The molecule has 4 heteroatoms. The Hall–Kier alpha value is -2.07. The van der Waals surface area contributed by atoms with Crippen molar-refractivity contribution < 1.29 is 19.1 Å². The van der Waals surface area contributed by atoms with Gasteiger partial charge in [0.25, 0.3) is 6.29 Å². The zero-order valence-electron chi connectivity index (χ0n) is 8.37. The van der Waals surface area contributed by atoms with Crippen LogP contribution in [0.2, 0.25) is 0 Å². The maximum Gasteiger partial charge on any atom is 0.340 e. The van der Waals surface area contributed by atoms with Gasteiger partial charge in [-0.05, 0) is 24.3 Å². The van der Waals surface area contributed by atoms with Crippen LogP contribution >= 0.6 is 0 Å². The van der Waals surface area contributed by atoms with Gasteiger partial charge in [0.15, 0.2) is 5.76 Å². The smallest absolute Gasteiger partial charge is 0.340 e. The van der Waals surface area contributed by atoms with Crippen LogP contribution in [0.4, 0.5) is 0 Å². The molecule has 0 amide bonds. The predicted octanol–water partition coefficient (Wildman–Crippen LogP) is 2.13. The van der Waals surface area contributed by atoms with Crippen LogP contribution in [0.15, 0.2) is 53.1 Å². The molecule has 0 fully saturated rings. The number of esters is 1. The molecule has 0 radical (unpaired) electrons. The Morgan fingerprint density at radius 2 is 1.94 bits per heavy atom. The van der Waals surface area contributed by atoms with Crippen LogP contribution in [0.1, 0.15) is 22.4 Å². The molecule has 1 aromatic carbocycles. The van der Waals surface area contributed by atoms with E-state index in [-0.39, 0.29) is 5.76 Å². The van der Waals surface area contributed by atoms with Gasteiger partial charge in [0.1, 0.15) is 0 Å². The van der Waals surface area contributed by atoms with E-state index >= 15 is 0 Å². The molecule has 0 aliphatic carbocycles. The normalized spacial score (nSPS) is 12.1. The number of aliphatic hydroxyl groups excluding tert-OH is 1. The zero-order chi connectivity index (χ0) is 11.4. The first-order chi connectivity index (χ1) is 7.77. The van der Waals surface area contributed by atoms with Crippen LogP contribution in [0.25, 0.3) is 0 Å². The van der Waals surface area contributed by atoms with E-state index in [2.05, 4.69) is 0 Å². The van der Waals surface area contributed by atoms with Gasteiger partial charge in [-0.3, -0.25) is 0 Å². The van der Waals surface area contributed by atoms with E-state index in [9.17, 15) is 9.90 Å². The van der Waals surface area contributed by atoms with E-state index in [1.54, 1.807) is 36.4 Å². The molecule has 1 unspecified atom stereocenters. The summed E-state index contributed by atoms with van der Waals surface area (Å²) >= 11 is 0. The van der Waals surface area contributed by atoms with Crippen molar-refractivity contribution in [3.63, 3.8) is 0 Å². The third-order valence-corrected chi connectivity index (χ3v) is 2.01. The largest absolute Gasteiger partial charge is 0.463 e. The third-order valence-electron chi connectivity index (χ3n) is 2.01. The number of rotatable bonds is 3. The minimum atomic E-state index is -1.37. The van der Waals surface area contributed by atoms with Gasteiger partial charge in [-0.2, -0.15) is 0 Å². The quantitative estimate of drug-likeness (QED) is 0.633. The summed E-state index contributed by atoms with van der Waals surface area (Å²) in [6.45, 7) is 0. The molecule has 0 saturated heterocycles. The predicted molar refractivity (Wildman–Crippen MR) is 55.5 cm³/mol. The monoisotopic (exact) mass is 218 g/mol. The first-order valence-corrected chi connectivity index (χ1v) is 4.75. The fourth-order valence-corrected chi connectivity index (χ4v) is 1.23. The van der Waals surface area contributed by atoms with E-state index in [1.165, 1.54) is 12.3 Å². The van der Waals surface area contributed by atoms with Crippen molar-refractivity contribution >= 4 is 5.97 Å².